The van der Waals surface area contributed by atoms with Gasteiger partial charge in [-0.2, -0.15) is 4.57 Å². The van der Waals surface area contributed by atoms with Gasteiger partial charge in [0, 0.05) is 11.6 Å². The maximum absolute atomic E-state index is 13.0. The fraction of sp³-hybridized carbons (Fsp3) is 0.167. The topological polar surface area (TPSA) is 66.7 Å². The zero-order chi connectivity index (χ0) is 17.6. The van der Waals surface area contributed by atoms with Crippen LogP contribution in [0.4, 0.5) is 0 Å². The molecule has 0 aromatic carbocycles. The van der Waals surface area contributed by atoms with Gasteiger partial charge in [0.15, 0.2) is 12.4 Å². The number of aliphatic imine (C=N–C) groups is 1. The van der Waals surface area contributed by atoms with Crippen molar-refractivity contribution in [3.05, 3.63) is 76.6 Å². The van der Waals surface area contributed by atoms with E-state index in [1.165, 1.54) is 11.3 Å². The number of thiophene rings is 1. The van der Waals surface area contributed by atoms with Gasteiger partial charge in [0.1, 0.15) is 5.76 Å². The first-order chi connectivity index (χ1) is 12.2. The van der Waals surface area contributed by atoms with Gasteiger partial charge in [-0.3, -0.25) is 4.79 Å². The van der Waals surface area contributed by atoms with Crippen LogP contribution in [0.5, 0.6) is 0 Å². The van der Waals surface area contributed by atoms with Crippen molar-refractivity contribution in [2.75, 3.05) is 0 Å². The van der Waals surface area contributed by atoms with E-state index in [-0.39, 0.29) is 24.0 Å². The van der Waals surface area contributed by atoms with Crippen LogP contribution in [0.2, 0.25) is 0 Å². The Kier molecular flexibility index (Phi) is 5.70. The number of aromatic nitrogens is 1. The van der Waals surface area contributed by atoms with Crippen molar-refractivity contribution in [3.63, 3.8) is 0 Å². The van der Waals surface area contributed by atoms with Gasteiger partial charge in [-0.15, -0.1) is 11.3 Å². The Morgan fingerprint density at radius 2 is 2.20 bits per heavy atom. The summed E-state index contributed by atoms with van der Waals surface area (Å²) in [6, 6.07) is 10.00. The number of furan rings is 1. The number of carbonyl (C=O) groups is 1. The number of aliphatic hydroxyl groups excluding tert-OH is 1. The number of rotatable bonds is 7. The monoisotopic (exact) mass is 372 g/mol. The Morgan fingerprint density at radius 3 is 2.88 bits per heavy atom. The summed E-state index contributed by atoms with van der Waals surface area (Å²) in [7, 11) is 0. The van der Waals surface area contributed by atoms with Crippen molar-refractivity contribution >= 4 is 34.8 Å². The third-order valence-corrected chi connectivity index (χ3v) is 4.82. The lowest BCUT2D eigenvalue weighted by Gasteiger charge is -2.18. The number of pyridine rings is 1. The van der Waals surface area contributed by atoms with E-state index in [0.29, 0.717) is 16.2 Å². The van der Waals surface area contributed by atoms with Gasteiger partial charge in [-0.25, -0.2) is 0 Å². The Morgan fingerprint density at radius 1 is 1.32 bits per heavy atom. The summed E-state index contributed by atoms with van der Waals surface area (Å²) >= 11 is 6.82. The molecule has 5 nitrogen and oxygen atoms in total. The summed E-state index contributed by atoms with van der Waals surface area (Å²) in [4.78, 5) is 17.9. The molecule has 0 saturated carbocycles. The smallest absolute Gasteiger partial charge is 0.244 e. The minimum Gasteiger partial charge on any atom is -0.758 e. The molecule has 1 N–H and O–H groups in total. The minimum absolute atomic E-state index is 0.114. The van der Waals surface area contributed by atoms with Gasteiger partial charge >= 0.3 is 0 Å². The molecule has 0 amide bonds. The lowest BCUT2D eigenvalue weighted by atomic mass is 10.1. The first-order valence-corrected chi connectivity index (χ1v) is 8.90. The Labute approximate surface area is 154 Å². The second kappa shape index (κ2) is 8.15. The largest absolute Gasteiger partial charge is 0.758 e. The van der Waals surface area contributed by atoms with Gasteiger partial charge in [-0.1, -0.05) is 6.07 Å². The van der Waals surface area contributed by atoms with Gasteiger partial charge in [0.25, 0.3) is 0 Å². The number of ketones is 1. The number of hydrogen-bond donors (Lipinski definition) is 1. The lowest BCUT2D eigenvalue weighted by molar-refractivity contribution is -0.692. The fourth-order valence-electron chi connectivity index (χ4n) is 2.37. The average Bonchev–Trinajstić information content (AvgIpc) is 3.34. The molecule has 3 aromatic heterocycles. The molecule has 0 saturated heterocycles. The van der Waals surface area contributed by atoms with E-state index in [0.717, 1.165) is 0 Å². The highest BCUT2D eigenvalue weighted by atomic mass is 32.1. The van der Waals surface area contributed by atoms with E-state index < -0.39 is 6.04 Å². The number of carbonyl (C=O) groups excluding carboxylic acids is 1. The van der Waals surface area contributed by atoms with Crippen molar-refractivity contribution < 1.29 is 18.9 Å². The average molecular weight is 372 g/mol. The molecule has 3 aromatic rings. The van der Waals surface area contributed by atoms with Crippen molar-refractivity contribution in [2.24, 2.45) is 4.99 Å². The van der Waals surface area contributed by atoms with Crippen LogP contribution in [0.1, 0.15) is 27.0 Å². The summed E-state index contributed by atoms with van der Waals surface area (Å²) in [5.41, 5.74) is 0.695. The van der Waals surface area contributed by atoms with Crippen LogP contribution in [0.15, 0.2) is 69.8 Å². The predicted molar refractivity (Wildman–Crippen MR) is 97.5 cm³/mol. The maximum atomic E-state index is 13.0. The van der Waals surface area contributed by atoms with Gasteiger partial charge in [-0.05, 0) is 34.7 Å². The molecule has 0 aliphatic rings. The Hall–Kier alpha value is -2.35. The zero-order valence-corrected chi connectivity index (χ0v) is 14.9. The molecule has 0 aliphatic heterocycles. The van der Waals surface area contributed by atoms with E-state index in [4.69, 9.17) is 17.0 Å². The molecule has 0 aliphatic carbocycles. The Bertz CT molecular complexity index is 858. The minimum atomic E-state index is -0.741. The molecule has 3 heterocycles. The van der Waals surface area contributed by atoms with Crippen molar-refractivity contribution in [2.45, 2.75) is 19.2 Å². The summed E-state index contributed by atoms with van der Waals surface area (Å²) < 4.78 is 6.96. The standard InChI is InChI=1S/C18H16N2O3S2/c21-12-13-4-1-7-20(11-13)16(17(22)15-6-3-9-25-15)18(24)19-10-14-5-2-8-23-14/h1-9,11,16,21H,10,12H2/t16-/m0/s1. The van der Waals surface area contributed by atoms with Crippen LogP contribution < -0.4 is 4.57 Å². The number of hydrogen-bond acceptors (Lipinski definition) is 6. The van der Waals surface area contributed by atoms with Crippen molar-refractivity contribution in [3.8, 4) is 0 Å². The first kappa shape index (κ1) is 17.5. The van der Waals surface area contributed by atoms with Crippen molar-refractivity contribution in [1.29, 1.82) is 0 Å². The highest BCUT2D eigenvalue weighted by Crippen LogP contribution is 2.17. The molecule has 0 bridgehead atoms. The molecule has 3 rings (SSSR count). The van der Waals surface area contributed by atoms with Crippen LogP contribution in [0.3, 0.4) is 0 Å². The van der Waals surface area contributed by atoms with Crippen LogP contribution in [0, 0.1) is 0 Å². The molecule has 0 spiro atoms. The predicted octanol–water partition coefficient (Wildman–Crippen LogP) is 2.69. The van der Waals surface area contributed by atoms with Gasteiger partial charge in [0.2, 0.25) is 11.8 Å². The van der Waals surface area contributed by atoms with E-state index in [2.05, 4.69) is 4.99 Å². The second-order valence-electron chi connectivity index (χ2n) is 5.30. The van der Waals surface area contributed by atoms with E-state index in [1.54, 1.807) is 47.5 Å². The van der Waals surface area contributed by atoms with Crippen LogP contribution >= 0.6 is 11.3 Å². The number of Topliss-reactive ketones (excluding diaryl/α,β-unsaturated/α-hetero) is 1. The molecule has 1 atom stereocenters. The van der Waals surface area contributed by atoms with Crippen molar-refractivity contribution in [1.82, 2.24) is 0 Å². The molecule has 0 fully saturated rings. The zero-order valence-electron chi connectivity index (χ0n) is 13.2. The molecule has 128 valence electrons. The van der Waals surface area contributed by atoms with E-state index >= 15 is 0 Å². The highest BCUT2D eigenvalue weighted by molar-refractivity contribution is 7.77. The van der Waals surface area contributed by atoms with E-state index in [9.17, 15) is 9.90 Å². The first-order valence-electron chi connectivity index (χ1n) is 7.61. The van der Waals surface area contributed by atoms with Crippen LogP contribution in [-0.4, -0.2) is 15.9 Å². The third-order valence-electron chi connectivity index (χ3n) is 3.58. The highest BCUT2D eigenvalue weighted by Gasteiger charge is 2.29. The maximum Gasteiger partial charge on any atom is 0.244 e. The normalized spacial score (nSPS) is 12.9. The Balaban J connectivity index is 1.95. The van der Waals surface area contributed by atoms with Gasteiger partial charge in [0.05, 0.1) is 24.3 Å². The molecule has 0 radical (unpaired) electrons. The summed E-state index contributed by atoms with van der Waals surface area (Å²) in [5, 5.41) is 11.5. The quantitative estimate of drug-likeness (QED) is 0.228. The van der Waals surface area contributed by atoms with Crippen LogP contribution in [0.25, 0.3) is 0 Å². The number of nitrogens with zero attached hydrogens (tertiary/aromatic N) is 2. The lowest BCUT2D eigenvalue weighted by Crippen LogP contribution is -2.47. The number of aliphatic hydroxyl groups is 1. The molecular weight excluding hydrogens is 356 g/mol. The van der Waals surface area contributed by atoms with E-state index in [1.807, 2.05) is 17.5 Å². The molecule has 7 heteroatoms. The summed E-state index contributed by atoms with van der Waals surface area (Å²) in [6.07, 6.45) is 5.04. The summed E-state index contributed by atoms with van der Waals surface area (Å²) in [5.74, 6) is 0.557. The molecular formula is C18H16N2O3S2. The van der Waals surface area contributed by atoms with Crippen LogP contribution in [-0.2, 0) is 25.8 Å². The fourth-order valence-corrected chi connectivity index (χ4v) is 3.35. The summed E-state index contributed by atoms with van der Waals surface area (Å²) in [6.45, 7) is 0.164. The van der Waals surface area contributed by atoms with Gasteiger partial charge < -0.3 is 27.1 Å². The second-order valence-corrected chi connectivity index (χ2v) is 6.66. The SMILES string of the molecule is O=C(c1cccs1)[C@@H](C([S-])=NCc1ccco1)[n+]1cccc(CO)c1. The molecule has 25 heavy (non-hydrogen) atoms. The molecule has 0 unspecified atom stereocenters. The third kappa shape index (κ3) is 4.19.